The van der Waals surface area contributed by atoms with Crippen molar-refractivity contribution >= 4 is 51.9 Å². The van der Waals surface area contributed by atoms with Gasteiger partial charge in [0.25, 0.3) is 17.7 Å². The highest BCUT2D eigenvalue weighted by molar-refractivity contribution is 7.17. The summed E-state index contributed by atoms with van der Waals surface area (Å²) >= 11 is 1.03. The van der Waals surface area contributed by atoms with Crippen LogP contribution in [0.2, 0.25) is 0 Å². The summed E-state index contributed by atoms with van der Waals surface area (Å²) in [5.41, 5.74) is 2.67. The molecule has 0 unspecified atom stereocenters. The first-order valence-corrected chi connectivity index (χ1v) is 17.6. The first kappa shape index (κ1) is 33.5. The summed E-state index contributed by atoms with van der Waals surface area (Å²) < 4.78 is 47.3. The Morgan fingerprint density at radius 1 is 0.865 bits per heavy atom. The molecule has 3 aliphatic heterocycles. The Balaban J connectivity index is 0.967. The van der Waals surface area contributed by atoms with Crippen molar-refractivity contribution in [3.05, 3.63) is 118 Å². The first-order valence-electron chi connectivity index (χ1n) is 16.7. The van der Waals surface area contributed by atoms with Gasteiger partial charge in [0.15, 0.2) is 16.6 Å². The molecule has 0 aliphatic carbocycles. The van der Waals surface area contributed by atoms with Gasteiger partial charge in [-0.15, -0.1) is 11.3 Å². The number of nitrogens with one attached hydrogen (secondary N) is 2. The number of hydrogen-bond acceptors (Lipinski definition) is 8. The molecule has 3 aliphatic rings. The molecule has 2 saturated heterocycles. The van der Waals surface area contributed by atoms with Gasteiger partial charge in [-0.3, -0.25) is 14.4 Å². The van der Waals surface area contributed by atoms with Gasteiger partial charge in [0.1, 0.15) is 17.3 Å². The van der Waals surface area contributed by atoms with E-state index in [4.69, 9.17) is 4.74 Å². The van der Waals surface area contributed by atoms with Gasteiger partial charge in [0, 0.05) is 79.8 Å². The predicted molar refractivity (Wildman–Crippen MR) is 191 cm³/mol. The molecule has 0 radical (unpaired) electrons. The molecule has 0 bridgehead atoms. The van der Waals surface area contributed by atoms with Crippen molar-refractivity contribution in [3.63, 3.8) is 0 Å². The minimum atomic E-state index is -1.24. The number of halogens is 3. The molecule has 2 aromatic heterocycles. The van der Waals surface area contributed by atoms with Crippen LogP contribution in [-0.2, 0) is 11.2 Å². The molecule has 264 valence electrons. The number of thiazole rings is 1. The third-order valence-electron chi connectivity index (χ3n) is 9.72. The smallest absolute Gasteiger partial charge is 0.284 e. The number of benzene rings is 3. The maximum absolute atomic E-state index is 14.2. The average molecular weight is 725 g/mol. The Labute approximate surface area is 300 Å². The fraction of sp³-hybridized carbons (Fsp3) is 0.237. The summed E-state index contributed by atoms with van der Waals surface area (Å²) in [6.45, 7) is 3.43. The molecular formula is C38H31F3N6O4S. The second kappa shape index (κ2) is 13.5. The molecule has 14 heteroatoms. The zero-order chi connectivity index (χ0) is 36.0. The summed E-state index contributed by atoms with van der Waals surface area (Å²) in [7, 11) is 0. The lowest BCUT2D eigenvalue weighted by Crippen LogP contribution is -2.59. The molecule has 52 heavy (non-hydrogen) atoms. The Morgan fingerprint density at radius 3 is 2.35 bits per heavy atom. The molecule has 10 nitrogen and oxygen atoms in total. The summed E-state index contributed by atoms with van der Waals surface area (Å²) in [5, 5.41) is 5.07. The highest BCUT2D eigenvalue weighted by Gasteiger charge is 2.45. The summed E-state index contributed by atoms with van der Waals surface area (Å²) in [5.74, 6) is -4.35. The molecule has 5 aromatic rings. The fourth-order valence-corrected chi connectivity index (χ4v) is 8.06. The van der Waals surface area contributed by atoms with E-state index in [-0.39, 0.29) is 28.8 Å². The van der Waals surface area contributed by atoms with E-state index in [1.54, 1.807) is 65.7 Å². The molecule has 3 aromatic carbocycles. The topological polar surface area (TPSA) is 117 Å². The van der Waals surface area contributed by atoms with Crippen LogP contribution in [0, 0.1) is 22.9 Å². The number of fused-ring (bicyclic) bond motifs is 3. The minimum Gasteiger partial charge on any atom is -0.381 e. The quantitative estimate of drug-likeness (QED) is 0.195. The molecule has 1 spiro atoms. The number of anilines is 4. The molecule has 0 saturated carbocycles. The second-order valence-corrected chi connectivity index (χ2v) is 14.1. The highest BCUT2D eigenvalue weighted by Crippen LogP contribution is 2.43. The lowest BCUT2D eigenvalue weighted by Gasteiger charge is -2.53. The largest absolute Gasteiger partial charge is 0.381 e. The van der Waals surface area contributed by atoms with Crippen molar-refractivity contribution in [1.82, 2.24) is 9.97 Å². The Hall–Kier alpha value is -5.60. The van der Waals surface area contributed by atoms with Gasteiger partial charge in [-0.1, -0.05) is 18.2 Å². The van der Waals surface area contributed by atoms with E-state index in [1.165, 1.54) is 0 Å². The van der Waals surface area contributed by atoms with Gasteiger partial charge in [-0.25, -0.2) is 23.1 Å². The van der Waals surface area contributed by atoms with E-state index in [1.807, 2.05) is 6.07 Å². The molecule has 5 heterocycles. The van der Waals surface area contributed by atoms with Crippen LogP contribution >= 0.6 is 11.3 Å². The maximum atomic E-state index is 14.2. The second-order valence-electron chi connectivity index (χ2n) is 13.1. The average Bonchev–Trinajstić information content (AvgIpc) is 3.50. The van der Waals surface area contributed by atoms with Crippen LogP contribution in [0.15, 0.2) is 79.0 Å². The fourth-order valence-electron chi connectivity index (χ4n) is 7.02. The van der Waals surface area contributed by atoms with Crippen LogP contribution in [0.5, 0.6) is 0 Å². The van der Waals surface area contributed by atoms with Gasteiger partial charge in [0.2, 0.25) is 0 Å². The lowest BCUT2D eigenvalue weighted by atomic mass is 9.73. The standard InChI is InChI=1S/C38H31F3N6O4S/c39-23-18-27(40)31(28(41)19-23)45-35(49)36-44-29-11-15-47(30-6-2-1-4-25(30)32(29)52-36)37(50)22-7-9-24(10-8-22)43-34(48)26-5-3-14-42-33(26)46-20-38(21-46)12-16-51-17-13-38/h1-10,14,18-19H,11-13,15-17,20-21H2,(H,43,48)(H,45,49). The minimum absolute atomic E-state index is 0.0353. The number of aromatic nitrogens is 2. The van der Waals surface area contributed by atoms with Gasteiger partial charge < -0.3 is 25.2 Å². The van der Waals surface area contributed by atoms with Crippen LogP contribution in [-0.4, -0.2) is 60.5 Å². The van der Waals surface area contributed by atoms with Gasteiger partial charge in [-0.2, -0.15) is 0 Å². The number of carbonyl (C=O) groups is 3. The van der Waals surface area contributed by atoms with Crippen LogP contribution in [0.1, 0.15) is 49.1 Å². The SMILES string of the molecule is O=C(Nc1c(F)cc(F)cc1F)c1nc2c(s1)-c1ccccc1N(C(=O)c1ccc(NC(=O)c3cccnc3N3CC4(CCOCC4)C3)cc1)CC2. The number of ether oxygens (including phenoxy) is 1. The summed E-state index contributed by atoms with van der Waals surface area (Å²) in [4.78, 5) is 53.7. The Morgan fingerprint density at radius 2 is 1.60 bits per heavy atom. The van der Waals surface area contributed by atoms with Crippen molar-refractivity contribution in [3.8, 4) is 10.4 Å². The third-order valence-corrected chi connectivity index (χ3v) is 10.9. The van der Waals surface area contributed by atoms with Crippen molar-refractivity contribution in [2.24, 2.45) is 5.41 Å². The number of nitrogens with zero attached hydrogens (tertiary/aromatic N) is 4. The van der Waals surface area contributed by atoms with Crippen molar-refractivity contribution < 1.29 is 32.3 Å². The van der Waals surface area contributed by atoms with Crippen LogP contribution in [0.3, 0.4) is 0 Å². The van der Waals surface area contributed by atoms with E-state index >= 15 is 0 Å². The number of pyridine rings is 1. The lowest BCUT2D eigenvalue weighted by molar-refractivity contribution is -0.000510. The zero-order valence-corrected chi connectivity index (χ0v) is 28.4. The van der Waals surface area contributed by atoms with Crippen LogP contribution in [0.25, 0.3) is 10.4 Å². The number of amides is 3. The molecule has 2 N–H and O–H groups in total. The van der Waals surface area contributed by atoms with Gasteiger partial charge in [-0.05, 0) is 55.3 Å². The van der Waals surface area contributed by atoms with Crippen molar-refractivity contribution in [1.29, 1.82) is 0 Å². The maximum Gasteiger partial charge on any atom is 0.284 e. The normalized spacial score (nSPS) is 16.0. The molecule has 2 fully saturated rings. The van der Waals surface area contributed by atoms with E-state index in [2.05, 4.69) is 25.5 Å². The van der Waals surface area contributed by atoms with Gasteiger partial charge in [0.05, 0.1) is 21.8 Å². The van der Waals surface area contributed by atoms with Crippen LogP contribution in [0.4, 0.5) is 36.1 Å². The van der Waals surface area contributed by atoms with E-state index in [9.17, 15) is 27.6 Å². The molecule has 8 rings (SSSR count). The summed E-state index contributed by atoms with van der Waals surface area (Å²) in [6, 6.07) is 18.4. The number of rotatable bonds is 6. The van der Waals surface area contributed by atoms with E-state index in [0.29, 0.717) is 63.0 Å². The van der Waals surface area contributed by atoms with Crippen molar-refractivity contribution in [2.75, 3.05) is 53.3 Å². The summed E-state index contributed by atoms with van der Waals surface area (Å²) in [6.07, 6.45) is 3.99. The molecule has 0 atom stereocenters. The number of carbonyl (C=O) groups excluding carboxylic acids is 3. The Kier molecular flexibility index (Phi) is 8.71. The molecular weight excluding hydrogens is 694 g/mol. The monoisotopic (exact) mass is 724 g/mol. The van der Waals surface area contributed by atoms with Crippen LogP contribution < -0.4 is 20.4 Å². The number of para-hydroxylation sites is 1. The van der Waals surface area contributed by atoms with Gasteiger partial charge >= 0.3 is 0 Å². The Bertz CT molecular complexity index is 2190. The van der Waals surface area contributed by atoms with Crippen molar-refractivity contribution in [2.45, 2.75) is 19.3 Å². The first-order chi connectivity index (χ1) is 25.2. The zero-order valence-electron chi connectivity index (χ0n) is 27.6. The third kappa shape index (κ3) is 6.28. The highest BCUT2D eigenvalue weighted by atomic mass is 32.1. The predicted octanol–water partition coefficient (Wildman–Crippen LogP) is 6.95. The van der Waals surface area contributed by atoms with E-state index < -0.39 is 29.0 Å². The van der Waals surface area contributed by atoms with E-state index in [0.717, 1.165) is 50.5 Å². The molecule has 3 amide bonds. The number of hydrogen-bond donors (Lipinski definition) is 2.